The number of carbonyl (C=O) groups is 1. The SMILES string of the molecule is CC(C)(C)n1ncc2c(=O)n3c(nc21)SCC3CC(=O)NC1CCCCC1. The Hall–Kier alpha value is -1.83. The van der Waals surface area contributed by atoms with E-state index in [-0.39, 0.29) is 23.0 Å². The highest BCUT2D eigenvalue weighted by molar-refractivity contribution is 7.99. The summed E-state index contributed by atoms with van der Waals surface area (Å²) >= 11 is 1.55. The molecule has 1 fully saturated rings. The van der Waals surface area contributed by atoms with E-state index in [2.05, 4.69) is 10.4 Å². The summed E-state index contributed by atoms with van der Waals surface area (Å²) in [7, 11) is 0. The van der Waals surface area contributed by atoms with Crippen LogP contribution in [0.5, 0.6) is 0 Å². The average Bonchev–Trinajstić information content (AvgIpc) is 3.20. The zero-order chi connectivity index (χ0) is 19.2. The Morgan fingerprint density at radius 1 is 1.30 bits per heavy atom. The van der Waals surface area contributed by atoms with Crippen molar-refractivity contribution in [1.82, 2.24) is 24.6 Å². The summed E-state index contributed by atoms with van der Waals surface area (Å²) < 4.78 is 3.50. The molecule has 0 spiro atoms. The van der Waals surface area contributed by atoms with Crippen LogP contribution in [0.2, 0.25) is 0 Å². The van der Waals surface area contributed by atoms with Crippen LogP contribution in [0.15, 0.2) is 16.1 Å². The highest BCUT2D eigenvalue weighted by atomic mass is 32.2. The first-order valence-corrected chi connectivity index (χ1v) is 10.8. The maximum Gasteiger partial charge on any atom is 0.265 e. The summed E-state index contributed by atoms with van der Waals surface area (Å²) in [5.41, 5.74) is 0.285. The first-order valence-electron chi connectivity index (χ1n) is 9.77. The zero-order valence-electron chi connectivity index (χ0n) is 16.2. The summed E-state index contributed by atoms with van der Waals surface area (Å²) in [6, 6.07) is 0.151. The zero-order valence-corrected chi connectivity index (χ0v) is 17.0. The largest absolute Gasteiger partial charge is 0.353 e. The Kier molecular flexibility index (Phi) is 4.78. The second-order valence-electron chi connectivity index (χ2n) is 8.61. The Balaban J connectivity index is 1.58. The van der Waals surface area contributed by atoms with Crippen LogP contribution < -0.4 is 10.9 Å². The molecule has 2 aliphatic rings. The molecule has 0 radical (unpaired) electrons. The summed E-state index contributed by atoms with van der Waals surface area (Å²) in [5, 5.41) is 8.75. The molecule has 146 valence electrons. The summed E-state index contributed by atoms with van der Waals surface area (Å²) in [5.74, 6) is 0.744. The molecule has 0 saturated heterocycles. The van der Waals surface area contributed by atoms with Crippen molar-refractivity contribution in [3.05, 3.63) is 16.6 Å². The minimum Gasteiger partial charge on any atom is -0.353 e. The molecule has 1 atom stereocenters. The maximum absolute atomic E-state index is 13.1. The topological polar surface area (TPSA) is 81.8 Å². The fourth-order valence-corrected chi connectivity index (χ4v) is 5.15. The number of hydrogen-bond donors (Lipinski definition) is 1. The van der Waals surface area contributed by atoms with Gasteiger partial charge in [0.1, 0.15) is 5.39 Å². The number of rotatable bonds is 3. The quantitative estimate of drug-likeness (QED) is 0.817. The number of hydrogen-bond acceptors (Lipinski definition) is 5. The van der Waals surface area contributed by atoms with Crippen LogP contribution in [0.4, 0.5) is 0 Å². The Morgan fingerprint density at radius 3 is 2.74 bits per heavy atom. The lowest BCUT2D eigenvalue weighted by Crippen LogP contribution is -2.38. The normalized spacial score (nSPS) is 20.8. The van der Waals surface area contributed by atoms with E-state index in [1.807, 2.05) is 20.8 Å². The van der Waals surface area contributed by atoms with E-state index in [0.717, 1.165) is 12.8 Å². The van der Waals surface area contributed by atoms with Crippen LogP contribution in [0.25, 0.3) is 11.0 Å². The number of nitrogens with zero attached hydrogens (tertiary/aromatic N) is 4. The van der Waals surface area contributed by atoms with E-state index < -0.39 is 0 Å². The van der Waals surface area contributed by atoms with E-state index in [1.54, 1.807) is 27.2 Å². The maximum atomic E-state index is 13.1. The van der Waals surface area contributed by atoms with Gasteiger partial charge in [0.25, 0.3) is 5.56 Å². The molecule has 1 aliphatic heterocycles. The van der Waals surface area contributed by atoms with Crippen LogP contribution in [0, 0.1) is 0 Å². The smallest absolute Gasteiger partial charge is 0.265 e. The summed E-state index contributed by atoms with van der Waals surface area (Å²) in [4.78, 5) is 30.3. The molecule has 4 rings (SSSR count). The lowest BCUT2D eigenvalue weighted by Gasteiger charge is -2.23. The standard InChI is InChI=1S/C19H27N5O2S/c1-19(2,3)24-16-14(10-20-24)17(26)23-13(11-27-18(23)22-16)9-15(25)21-12-7-5-4-6-8-12/h10,12-13H,4-9,11H2,1-3H3,(H,21,25). The van der Waals surface area contributed by atoms with Crippen molar-refractivity contribution in [2.75, 3.05) is 5.75 Å². The number of thioether (sulfide) groups is 1. The highest BCUT2D eigenvalue weighted by Gasteiger charge is 2.31. The number of fused-ring (bicyclic) bond motifs is 2. The molecule has 2 aromatic rings. The molecule has 27 heavy (non-hydrogen) atoms. The van der Waals surface area contributed by atoms with E-state index in [1.165, 1.54) is 19.3 Å². The Morgan fingerprint density at radius 2 is 2.04 bits per heavy atom. The van der Waals surface area contributed by atoms with Gasteiger partial charge < -0.3 is 5.32 Å². The monoisotopic (exact) mass is 389 g/mol. The molecule has 3 heterocycles. The molecule has 0 aromatic carbocycles. The highest BCUT2D eigenvalue weighted by Crippen LogP contribution is 2.33. The van der Waals surface area contributed by atoms with Crippen molar-refractivity contribution in [3.8, 4) is 0 Å². The lowest BCUT2D eigenvalue weighted by atomic mass is 9.95. The van der Waals surface area contributed by atoms with Gasteiger partial charge >= 0.3 is 0 Å². The van der Waals surface area contributed by atoms with Gasteiger partial charge in [-0.25, -0.2) is 9.67 Å². The molecule has 1 aliphatic carbocycles. The number of aromatic nitrogens is 4. The minimum atomic E-state index is -0.247. The molecule has 1 amide bonds. The van der Waals surface area contributed by atoms with Gasteiger partial charge in [-0.2, -0.15) is 5.10 Å². The molecule has 7 nitrogen and oxygen atoms in total. The fraction of sp³-hybridized carbons (Fsp3) is 0.684. The van der Waals surface area contributed by atoms with E-state index >= 15 is 0 Å². The molecular weight excluding hydrogens is 362 g/mol. The van der Waals surface area contributed by atoms with Gasteiger partial charge in [-0.15, -0.1) is 0 Å². The number of carbonyl (C=O) groups excluding carboxylic acids is 1. The first-order chi connectivity index (χ1) is 12.8. The van der Waals surface area contributed by atoms with Gasteiger partial charge in [-0.3, -0.25) is 14.2 Å². The van der Waals surface area contributed by atoms with Gasteiger partial charge in [0.15, 0.2) is 10.8 Å². The Bertz CT molecular complexity index is 921. The van der Waals surface area contributed by atoms with Crippen molar-refractivity contribution >= 4 is 28.7 Å². The van der Waals surface area contributed by atoms with Crippen molar-refractivity contribution in [2.45, 2.75) is 82.1 Å². The molecule has 8 heteroatoms. The number of amides is 1. The second kappa shape index (κ2) is 6.96. The van der Waals surface area contributed by atoms with E-state index in [0.29, 0.717) is 34.4 Å². The molecule has 1 unspecified atom stereocenters. The van der Waals surface area contributed by atoms with Crippen molar-refractivity contribution < 1.29 is 4.79 Å². The minimum absolute atomic E-state index is 0.0396. The van der Waals surface area contributed by atoms with E-state index in [4.69, 9.17) is 4.98 Å². The molecule has 1 N–H and O–H groups in total. The second-order valence-corrected chi connectivity index (χ2v) is 9.59. The fourth-order valence-electron chi connectivity index (χ4n) is 4.02. The van der Waals surface area contributed by atoms with Crippen molar-refractivity contribution in [3.63, 3.8) is 0 Å². The van der Waals surface area contributed by atoms with Crippen LogP contribution in [0.1, 0.15) is 65.3 Å². The first kappa shape index (κ1) is 18.5. The van der Waals surface area contributed by atoms with Crippen molar-refractivity contribution in [1.29, 1.82) is 0 Å². The average molecular weight is 390 g/mol. The van der Waals surface area contributed by atoms with Gasteiger partial charge in [0.2, 0.25) is 5.91 Å². The predicted octanol–water partition coefficient (Wildman–Crippen LogP) is 2.83. The molecular formula is C19H27N5O2S. The third-order valence-corrected chi connectivity index (χ3v) is 6.49. The van der Waals surface area contributed by atoms with Crippen LogP contribution >= 0.6 is 11.8 Å². The van der Waals surface area contributed by atoms with Gasteiger partial charge in [0.05, 0.1) is 17.8 Å². The molecule has 2 aromatic heterocycles. The van der Waals surface area contributed by atoms with Gasteiger partial charge in [-0.05, 0) is 33.6 Å². The summed E-state index contributed by atoms with van der Waals surface area (Å²) in [6.45, 7) is 6.12. The molecule has 0 bridgehead atoms. The molecule has 1 saturated carbocycles. The van der Waals surface area contributed by atoms with E-state index in [9.17, 15) is 9.59 Å². The lowest BCUT2D eigenvalue weighted by molar-refractivity contribution is -0.122. The number of nitrogens with one attached hydrogen (secondary N) is 1. The Labute approximate surface area is 162 Å². The van der Waals surface area contributed by atoms with Gasteiger partial charge in [-0.1, -0.05) is 31.0 Å². The van der Waals surface area contributed by atoms with Crippen LogP contribution in [-0.4, -0.2) is 37.0 Å². The van der Waals surface area contributed by atoms with Gasteiger partial charge in [0, 0.05) is 18.2 Å². The third kappa shape index (κ3) is 3.51. The van der Waals surface area contributed by atoms with Crippen LogP contribution in [0.3, 0.4) is 0 Å². The van der Waals surface area contributed by atoms with Crippen molar-refractivity contribution in [2.24, 2.45) is 0 Å². The predicted molar refractivity (Wildman–Crippen MR) is 106 cm³/mol. The summed E-state index contributed by atoms with van der Waals surface area (Å²) in [6.07, 6.45) is 7.70. The third-order valence-electron chi connectivity index (χ3n) is 5.40. The van der Waals surface area contributed by atoms with Crippen LogP contribution in [-0.2, 0) is 10.3 Å².